The second-order valence-electron chi connectivity index (χ2n) is 5.14. The van der Waals surface area contributed by atoms with Gasteiger partial charge >= 0.3 is 0 Å². The summed E-state index contributed by atoms with van der Waals surface area (Å²) in [4.78, 5) is 25.3. The number of hydrogen-bond acceptors (Lipinski definition) is 5. The summed E-state index contributed by atoms with van der Waals surface area (Å²) in [5.41, 5.74) is 3.65. The summed E-state index contributed by atoms with van der Waals surface area (Å²) >= 11 is 1.44. The van der Waals surface area contributed by atoms with Gasteiger partial charge in [-0.15, -0.1) is 11.3 Å². The van der Waals surface area contributed by atoms with Crippen molar-refractivity contribution in [3.05, 3.63) is 76.8 Å². The molecule has 0 aliphatic carbocycles. The fraction of sp³-hybridized carbons (Fsp3) is 0.0588. The van der Waals surface area contributed by atoms with Crippen molar-refractivity contribution in [1.29, 1.82) is 0 Å². The molecule has 0 N–H and O–H groups in total. The SMILES string of the molecule is O=C(c1cncnc1)c1cc(Cn2cnc3ccccc32)cs1. The molecule has 0 bridgehead atoms. The van der Waals surface area contributed by atoms with Crippen molar-refractivity contribution in [3.63, 3.8) is 0 Å². The third-order valence-corrected chi connectivity index (χ3v) is 4.56. The average molecular weight is 320 g/mol. The van der Waals surface area contributed by atoms with Crippen LogP contribution in [0.15, 0.2) is 60.8 Å². The van der Waals surface area contributed by atoms with Crippen LogP contribution in [0, 0.1) is 0 Å². The molecule has 0 spiro atoms. The highest BCUT2D eigenvalue weighted by Gasteiger charge is 2.13. The average Bonchev–Trinajstić information content (AvgIpc) is 3.23. The maximum Gasteiger partial charge on any atom is 0.206 e. The Hall–Kier alpha value is -2.86. The molecule has 0 aliphatic rings. The third-order valence-electron chi connectivity index (χ3n) is 3.58. The summed E-state index contributed by atoms with van der Waals surface area (Å²) in [6.07, 6.45) is 6.33. The first-order valence-electron chi connectivity index (χ1n) is 7.08. The van der Waals surface area contributed by atoms with Gasteiger partial charge in [0.15, 0.2) is 0 Å². The van der Waals surface area contributed by atoms with E-state index in [1.54, 1.807) is 0 Å². The Morgan fingerprint density at radius 2 is 2.00 bits per heavy atom. The van der Waals surface area contributed by atoms with Gasteiger partial charge in [-0.25, -0.2) is 15.0 Å². The molecule has 0 saturated heterocycles. The maximum absolute atomic E-state index is 12.4. The summed E-state index contributed by atoms with van der Waals surface area (Å²) in [7, 11) is 0. The fourth-order valence-corrected chi connectivity index (χ4v) is 3.33. The van der Waals surface area contributed by atoms with Gasteiger partial charge in [0, 0.05) is 18.9 Å². The number of para-hydroxylation sites is 2. The second kappa shape index (κ2) is 5.73. The van der Waals surface area contributed by atoms with Crippen LogP contribution in [-0.2, 0) is 6.54 Å². The van der Waals surface area contributed by atoms with Crippen LogP contribution in [0.3, 0.4) is 0 Å². The molecular formula is C17H12N4OS. The van der Waals surface area contributed by atoms with Gasteiger partial charge in [0.1, 0.15) is 6.33 Å². The van der Waals surface area contributed by atoms with Crippen molar-refractivity contribution < 1.29 is 4.79 Å². The highest BCUT2D eigenvalue weighted by Crippen LogP contribution is 2.21. The molecule has 5 nitrogen and oxygen atoms in total. The summed E-state index contributed by atoms with van der Waals surface area (Å²) in [5.74, 6) is -0.0441. The number of ketones is 1. The molecular weight excluding hydrogens is 308 g/mol. The predicted molar refractivity (Wildman–Crippen MR) is 88.6 cm³/mol. The van der Waals surface area contributed by atoms with Gasteiger partial charge in [-0.1, -0.05) is 12.1 Å². The molecule has 0 fully saturated rings. The monoisotopic (exact) mass is 320 g/mol. The van der Waals surface area contributed by atoms with E-state index in [9.17, 15) is 4.79 Å². The van der Waals surface area contributed by atoms with Crippen molar-refractivity contribution in [3.8, 4) is 0 Å². The first-order chi connectivity index (χ1) is 11.3. The van der Waals surface area contributed by atoms with Crippen LogP contribution in [0.5, 0.6) is 0 Å². The number of imidazole rings is 1. The topological polar surface area (TPSA) is 60.7 Å². The van der Waals surface area contributed by atoms with E-state index in [-0.39, 0.29) is 5.78 Å². The Kier molecular flexibility index (Phi) is 3.44. The Balaban J connectivity index is 1.60. The summed E-state index contributed by atoms with van der Waals surface area (Å²) in [6.45, 7) is 0.690. The first-order valence-corrected chi connectivity index (χ1v) is 7.96. The number of hydrogen-bond donors (Lipinski definition) is 0. The van der Waals surface area contributed by atoms with Crippen molar-refractivity contribution >= 4 is 28.2 Å². The largest absolute Gasteiger partial charge is 0.326 e. The fourth-order valence-electron chi connectivity index (χ4n) is 2.47. The van der Waals surface area contributed by atoms with Crippen LogP contribution >= 0.6 is 11.3 Å². The molecule has 0 aliphatic heterocycles. The van der Waals surface area contributed by atoms with Crippen LogP contribution in [0.2, 0.25) is 0 Å². The Labute approximate surface area is 136 Å². The van der Waals surface area contributed by atoms with Crippen molar-refractivity contribution in [2.45, 2.75) is 6.54 Å². The number of carbonyl (C=O) groups is 1. The lowest BCUT2D eigenvalue weighted by atomic mass is 10.2. The van der Waals surface area contributed by atoms with Crippen molar-refractivity contribution in [1.82, 2.24) is 19.5 Å². The first kappa shape index (κ1) is 13.8. The molecule has 6 heteroatoms. The smallest absolute Gasteiger partial charge is 0.206 e. The van der Waals surface area contributed by atoms with E-state index in [0.29, 0.717) is 17.0 Å². The van der Waals surface area contributed by atoms with Gasteiger partial charge < -0.3 is 4.57 Å². The molecule has 0 atom stereocenters. The molecule has 112 valence electrons. The second-order valence-corrected chi connectivity index (χ2v) is 6.05. The van der Waals surface area contributed by atoms with E-state index in [0.717, 1.165) is 16.6 Å². The van der Waals surface area contributed by atoms with Gasteiger partial charge in [-0.2, -0.15) is 0 Å². The zero-order chi connectivity index (χ0) is 15.6. The Morgan fingerprint density at radius 3 is 2.87 bits per heavy atom. The Bertz CT molecular complexity index is 974. The molecule has 23 heavy (non-hydrogen) atoms. The van der Waals surface area contributed by atoms with Crippen LogP contribution in [0.1, 0.15) is 20.8 Å². The highest BCUT2D eigenvalue weighted by atomic mass is 32.1. The quantitative estimate of drug-likeness (QED) is 0.542. The van der Waals surface area contributed by atoms with Crippen LogP contribution in [0.25, 0.3) is 11.0 Å². The normalized spacial score (nSPS) is 11.0. The van der Waals surface area contributed by atoms with E-state index in [2.05, 4.69) is 19.5 Å². The van der Waals surface area contributed by atoms with Gasteiger partial charge in [0.25, 0.3) is 0 Å². The molecule has 0 saturated carbocycles. The maximum atomic E-state index is 12.4. The number of fused-ring (bicyclic) bond motifs is 1. The number of benzene rings is 1. The lowest BCUT2D eigenvalue weighted by Crippen LogP contribution is -2.00. The molecule has 0 radical (unpaired) electrons. The number of aromatic nitrogens is 4. The molecule has 4 rings (SSSR count). The summed E-state index contributed by atoms with van der Waals surface area (Å²) < 4.78 is 2.08. The summed E-state index contributed by atoms with van der Waals surface area (Å²) in [6, 6.07) is 9.93. The van der Waals surface area contributed by atoms with Gasteiger partial charge in [-0.3, -0.25) is 4.79 Å². The number of nitrogens with zero attached hydrogens (tertiary/aromatic N) is 4. The van der Waals surface area contributed by atoms with Gasteiger partial charge in [0.2, 0.25) is 5.78 Å². The Morgan fingerprint density at radius 1 is 1.17 bits per heavy atom. The minimum absolute atomic E-state index is 0.0441. The molecule has 0 unspecified atom stereocenters. The highest BCUT2D eigenvalue weighted by molar-refractivity contribution is 7.12. The van der Waals surface area contributed by atoms with E-state index in [1.165, 1.54) is 30.1 Å². The van der Waals surface area contributed by atoms with Crippen molar-refractivity contribution in [2.75, 3.05) is 0 Å². The van der Waals surface area contributed by atoms with E-state index in [1.807, 2.05) is 42.0 Å². The van der Waals surface area contributed by atoms with Crippen molar-refractivity contribution in [2.24, 2.45) is 0 Å². The molecule has 4 aromatic rings. The van der Waals surface area contributed by atoms with Crippen LogP contribution in [0.4, 0.5) is 0 Å². The van der Waals surface area contributed by atoms with E-state index in [4.69, 9.17) is 0 Å². The van der Waals surface area contributed by atoms with E-state index < -0.39 is 0 Å². The molecule has 3 aromatic heterocycles. The standard InChI is InChI=1S/C17H12N4OS/c22-17(13-6-18-10-19-7-13)16-5-12(9-23-16)8-21-11-20-14-3-1-2-4-15(14)21/h1-7,9-11H,8H2. The predicted octanol–water partition coefficient (Wildman–Crippen LogP) is 3.17. The van der Waals surface area contributed by atoms with Gasteiger partial charge in [0.05, 0.1) is 27.8 Å². The zero-order valence-electron chi connectivity index (χ0n) is 12.1. The lowest BCUT2D eigenvalue weighted by molar-refractivity contribution is 0.104. The van der Waals surface area contributed by atoms with Crippen LogP contribution in [-0.4, -0.2) is 25.3 Å². The molecule has 0 amide bonds. The molecule has 1 aromatic carbocycles. The number of carbonyl (C=O) groups excluding carboxylic acids is 1. The van der Waals surface area contributed by atoms with Crippen LogP contribution < -0.4 is 0 Å². The number of thiophene rings is 1. The number of rotatable bonds is 4. The minimum Gasteiger partial charge on any atom is -0.326 e. The minimum atomic E-state index is -0.0441. The van der Waals surface area contributed by atoms with Gasteiger partial charge in [-0.05, 0) is 29.1 Å². The molecule has 3 heterocycles. The zero-order valence-corrected chi connectivity index (χ0v) is 12.9. The van der Waals surface area contributed by atoms with E-state index >= 15 is 0 Å². The third kappa shape index (κ3) is 2.64. The summed E-state index contributed by atoms with van der Waals surface area (Å²) in [5, 5.41) is 2.01. The lowest BCUT2D eigenvalue weighted by Gasteiger charge is -2.01.